The molecule has 0 aromatic carbocycles. The van der Waals surface area contributed by atoms with Gasteiger partial charge in [0.15, 0.2) is 11.6 Å². The van der Waals surface area contributed by atoms with Gasteiger partial charge in [-0.1, -0.05) is 0 Å². The van der Waals surface area contributed by atoms with Crippen molar-refractivity contribution in [2.45, 2.75) is 43.7 Å². The zero-order valence-corrected chi connectivity index (χ0v) is 23.6. The number of nitrogens with one attached hydrogen (secondary N) is 1. The molecule has 17 heteroatoms. The maximum atomic E-state index is 13.6. The normalized spacial score (nSPS) is 20.3. The number of nitrogens with zero attached hydrogens (tertiary/aromatic N) is 6. The van der Waals surface area contributed by atoms with Crippen LogP contribution in [-0.2, 0) is 12.4 Å². The number of carbonyl (C=O) groups is 1. The van der Waals surface area contributed by atoms with E-state index in [9.17, 15) is 35.9 Å². The molecule has 0 saturated carbocycles. The molecule has 3 aromatic rings. The Kier molecular flexibility index (Phi) is 7.95. The minimum absolute atomic E-state index is 0.0437. The summed E-state index contributed by atoms with van der Waals surface area (Å²) in [7, 11) is 0. The van der Waals surface area contributed by atoms with Crippen LogP contribution in [-0.4, -0.2) is 82.4 Å². The van der Waals surface area contributed by atoms with Crippen LogP contribution < -0.4 is 24.8 Å². The number of ether oxygens (including phenoxy) is 2. The molecule has 0 aliphatic carbocycles. The quantitative estimate of drug-likeness (QED) is 0.417. The lowest BCUT2D eigenvalue weighted by atomic mass is 10.1. The van der Waals surface area contributed by atoms with E-state index in [0.29, 0.717) is 31.6 Å². The Morgan fingerprint density at radius 3 is 2.62 bits per heavy atom. The van der Waals surface area contributed by atoms with Crippen LogP contribution >= 0.6 is 0 Å². The molecule has 2 atom stereocenters. The van der Waals surface area contributed by atoms with E-state index in [1.807, 2.05) is 10.00 Å². The Bertz CT molecular complexity index is 1630. The topological polar surface area (TPSA) is 117 Å². The van der Waals surface area contributed by atoms with E-state index in [1.165, 1.54) is 23.2 Å². The van der Waals surface area contributed by atoms with Gasteiger partial charge in [-0.15, -0.1) is 0 Å². The number of hydrogen-bond donors (Lipinski definition) is 1. The number of halogens is 6. The number of piperazine rings is 1. The molecule has 6 rings (SSSR count). The minimum Gasteiger partial charge on any atom is -0.490 e. The number of H-pyrrole nitrogens is 1. The molecular formula is C28H27F6N7O4. The second kappa shape index (κ2) is 11.7. The van der Waals surface area contributed by atoms with Gasteiger partial charge in [-0.2, -0.15) is 31.4 Å². The van der Waals surface area contributed by atoms with E-state index in [4.69, 9.17) is 9.47 Å². The van der Waals surface area contributed by atoms with Crippen molar-refractivity contribution in [1.29, 1.82) is 0 Å². The first-order valence-electron chi connectivity index (χ1n) is 14.2. The number of hydrogen-bond acceptors (Lipinski definition) is 9. The van der Waals surface area contributed by atoms with Gasteiger partial charge in [0.25, 0.3) is 11.5 Å². The third-order valence-electron chi connectivity index (χ3n) is 8.12. The molecule has 1 N–H and O–H groups in total. The summed E-state index contributed by atoms with van der Waals surface area (Å²) in [5, 5.41) is 5.39. The van der Waals surface area contributed by atoms with Gasteiger partial charge in [0, 0.05) is 56.6 Å². The van der Waals surface area contributed by atoms with E-state index in [2.05, 4.69) is 15.1 Å². The predicted octanol–water partition coefficient (Wildman–Crippen LogP) is 3.76. The van der Waals surface area contributed by atoms with Crippen molar-refractivity contribution in [2.24, 2.45) is 0 Å². The number of alkyl halides is 6. The Morgan fingerprint density at radius 1 is 1.02 bits per heavy atom. The second-order valence-corrected chi connectivity index (χ2v) is 10.9. The number of rotatable bonds is 5. The molecule has 3 aromatic heterocycles. The fraction of sp³-hybridized carbons (Fsp3) is 0.464. The molecule has 6 heterocycles. The fourth-order valence-electron chi connectivity index (χ4n) is 5.98. The molecule has 0 spiro atoms. The number of anilines is 2. The SMILES string of the molecule is O=C(c1ccnc(OC[C@@H]2CCCN2c2cn[nH]c(=O)c2C(F)(F)F)c1)N1CCN2c3ncc(C(F)(F)F)cc3OCCC2C1. The smallest absolute Gasteiger partial charge is 0.423 e. The summed E-state index contributed by atoms with van der Waals surface area (Å²) in [6.45, 7) is 1.27. The Labute approximate surface area is 251 Å². The molecule has 45 heavy (non-hydrogen) atoms. The summed E-state index contributed by atoms with van der Waals surface area (Å²) in [5.74, 6) is 0.151. The largest absolute Gasteiger partial charge is 0.490 e. The highest BCUT2D eigenvalue weighted by Gasteiger charge is 2.41. The van der Waals surface area contributed by atoms with Crippen molar-refractivity contribution in [3.8, 4) is 11.6 Å². The van der Waals surface area contributed by atoms with Crippen LogP contribution in [0.1, 0.15) is 40.7 Å². The van der Waals surface area contributed by atoms with Crippen LogP contribution in [0.4, 0.5) is 37.8 Å². The Morgan fingerprint density at radius 2 is 1.84 bits per heavy atom. The highest BCUT2D eigenvalue weighted by Crippen LogP contribution is 2.39. The molecule has 240 valence electrons. The van der Waals surface area contributed by atoms with Gasteiger partial charge >= 0.3 is 12.4 Å². The molecule has 2 fully saturated rings. The number of aromatic amines is 1. The average Bonchev–Trinajstić information content (AvgIpc) is 3.39. The zero-order valence-electron chi connectivity index (χ0n) is 23.6. The van der Waals surface area contributed by atoms with Crippen molar-refractivity contribution in [3.05, 3.63) is 63.8 Å². The number of aromatic nitrogens is 4. The highest BCUT2D eigenvalue weighted by molar-refractivity contribution is 5.94. The summed E-state index contributed by atoms with van der Waals surface area (Å²) in [6.07, 6.45) is -4.73. The van der Waals surface area contributed by atoms with Crippen LogP contribution in [0.3, 0.4) is 0 Å². The highest BCUT2D eigenvalue weighted by atomic mass is 19.4. The number of fused-ring (bicyclic) bond motifs is 3. The first-order valence-corrected chi connectivity index (χ1v) is 14.2. The van der Waals surface area contributed by atoms with Gasteiger partial charge in [0.2, 0.25) is 5.88 Å². The Hall–Kier alpha value is -4.57. The lowest BCUT2D eigenvalue weighted by molar-refractivity contribution is -0.139. The summed E-state index contributed by atoms with van der Waals surface area (Å²) in [4.78, 5) is 38.6. The maximum Gasteiger partial charge on any atom is 0.423 e. The number of carbonyl (C=O) groups excluding carboxylic acids is 1. The predicted molar refractivity (Wildman–Crippen MR) is 146 cm³/mol. The lowest BCUT2D eigenvalue weighted by Gasteiger charge is -2.41. The molecule has 1 amide bonds. The average molecular weight is 640 g/mol. The number of amides is 1. The molecule has 3 aliphatic rings. The summed E-state index contributed by atoms with van der Waals surface area (Å²) in [5.41, 5.74) is -3.58. The Balaban J connectivity index is 1.12. The molecule has 2 saturated heterocycles. The lowest BCUT2D eigenvalue weighted by Crippen LogP contribution is -2.55. The molecule has 11 nitrogen and oxygen atoms in total. The van der Waals surface area contributed by atoms with Crippen LogP contribution in [0.5, 0.6) is 11.6 Å². The summed E-state index contributed by atoms with van der Waals surface area (Å²) in [6, 6.07) is 3.19. The summed E-state index contributed by atoms with van der Waals surface area (Å²) < 4.78 is 91.9. The summed E-state index contributed by atoms with van der Waals surface area (Å²) >= 11 is 0. The van der Waals surface area contributed by atoms with Gasteiger partial charge < -0.3 is 24.2 Å². The van der Waals surface area contributed by atoms with Gasteiger partial charge in [-0.25, -0.2) is 15.1 Å². The van der Waals surface area contributed by atoms with Gasteiger partial charge in [0.05, 0.1) is 36.1 Å². The van der Waals surface area contributed by atoms with Crippen molar-refractivity contribution < 1.29 is 40.6 Å². The van der Waals surface area contributed by atoms with Gasteiger partial charge in [0.1, 0.15) is 12.2 Å². The standard InChI is InChI=1S/C28H27F6N7O4/c29-27(30,31)17-11-21-24(36-12-17)41-8-7-39(14-18(41)4-9-44-21)26(43)16-3-5-35-22(10-16)45-15-19-2-1-6-40(19)20-13-37-38-25(42)23(20)28(32,33)34/h3,5,10-13,18-19H,1-2,4,6-9,14-15H2,(H,38,42)/t18?,19-/m0/s1. The van der Waals surface area contributed by atoms with E-state index < -0.39 is 35.1 Å². The molecule has 1 unspecified atom stereocenters. The van der Waals surface area contributed by atoms with Crippen LogP contribution in [0.15, 0.2) is 41.6 Å². The molecule has 0 radical (unpaired) electrons. The fourth-order valence-corrected chi connectivity index (χ4v) is 5.98. The van der Waals surface area contributed by atoms with Crippen LogP contribution in [0, 0.1) is 0 Å². The zero-order chi connectivity index (χ0) is 31.9. The van der Waals surface area contributed by atoms with Crippen molar-refractivity contribution in [3.63, 3.8) is 0 Å². The third kappa shape index (κ3) is 6.20. The van der Waals surface area contributed by atoms with Crippen molar-refractivity contribution >= 4 is 17.4 Å². The van der Waals surface area contributed by atoms with E-state index in [0.717, 1.165) is 18.5 Å². The van der Waals surface area contributed by atoms with Crippen LogP contribution in [0.2, 0.25) is 0 Å². The van der Waals surface area contributed by atoms with Gasteiger partial charge in [-0.05, 0) is 25.0 Å². The number of pyridine rings is 2. The first kappa shape index (κ1) is 30.5. The second-order valence-electron chi connectivity index (χ2n) is 10.9. The monoisotopic (exact) mass is 639 g/mol. The molecule has 0 bridgehead atoms. The van der Waals surface area contributed by atoms with Crippen molar-refractivity contribution in [2.75, 3.05) is 49.2 Å². The molecule has 3 aliphatic heterocycles. The maximum absolute atomic E-state index is 13.6. The van der Waals surface area contributed by atoms with Gasteiger partial charge in [-0.3, -0.25) is 9.59 Å². The third-order valence-corrected chi connectivity index (χ3v) is 8.12. The van der Waals surface area contributed by atoms with E-state index in [1.54, 1.807) is 4.90 Å². The first-order chi connectivity index (χ1) is 21.4. The van der Waals surface area contributed by atoms with E-state index >= 15 is 0 Å². The minimum atomic E-state index is -4.87. The van der Waals surface area contributed by atoms with Crippen LogP contribution in [0.25, 0.3) is 0 Å². The van der Waals surface area contributed by atoms with E-state index in [-0.39, 0.29) is 67.7 Å². The van der Waals surface area contributed by atoms with Crippen molar-refractivity contribution in [1.82, 2.24) is 25.1 Å². The molecular weight excluding hydrogens is 612 g/mol.